The van der Waals surface area contributed by atoms with Gasteiger partial charge in [0.2, 0.25) is 0 Å². The Hall–Kier alpha value is -1.56. The van der Waals surface area contributed by atoms with Gasteiger partial charge in [0, 0.05) is 0 Å². The van der Waals surface area contributed by atoms with Crippen molar-refractivity contribution in [3.63, 3.8) is 0 Å². The van der Waals surface area contributed by atoms with Gasteiger partial charge in [0.05, 0.1) is 0 Å². The number of rotatable bonds is 5. The van der Waals surface area contributed by atoms with Crippen molar-refractivity contribution in [2.75, 3.05) is 0 Å². The van der Waals surface area contributed by atoms with Crippen LogP contribution in [0.5, 0.6) is 0 Å². The average molecular weight is 224 g/mol. The van der Waals surface area contributed by atoms with Gasteiger partial charge < -0.3 is 0 Å². The van der Waals surface area contributed by atoms with Crippen molar-refractivity contribution in [1.29, 1.82) is 0 Å². The Labute approximate surface area is 104 Å². The number of unbranched alkanes of at least 4 members (excludes halogenated alkanes) is 1. The first-order chi connectivity index (χ1) is 8.40. The van der Waals surface area contributed by atoms with E-state index < -0.39 is 0 Å². The molecule has 0 aliphatic carbocycles. The van der Waals surface area contributed by atoms with Gasteiger partial charge in [-0.05, 0) is 36.0 Å². The molecule has 17 heavy (non-hydrogen) atoms. The summed E-state index contributed by atoms with van der Waals surface area (Å²) in [4.78, 5) is 0. The van der Waals surface area contributed by atoms with Crippen molar-refractivity contribution < 1.29 is 0 Å². The summed E-state index contributed by atoms with van der Waals surface area (Å²) in [6.45, 7) is 2.25. The molecule has 0 radical (unpaired) electrons. The Morgan fingerprint density at radius 2 is 1.41 bits per heavy atom. The minimum Gasteiger partial charge on any atom is -0.0654 e. The predicted octanol–water partition coefficient (Wildman–Crippen LogP) is 4.62. The summed E-state index contributed by atoms with van der Waals surface area (Å²) in [5.41, 5.74) is 4.39. The van der Waals surface area contributed by atoms with Gasteiger partial charge in [-0.2, -0.15) is 0 Å². The topological polar surface area (TPSA) is 0 Å². The second kappa shape index (κ2) is 6.24. The van der Waals surface area contributed by atoms with E-state index in [0.717, 1.165) is 6.42 Å². The zero-order valence-corrected chi connectivity index (χ0v) is 10.5. The van der Waals surface area contributed by atoms with Crippen LogP contribution in [0.15, 0.2) is 54.6 Å². The molecule has 0 saturated carbocycles. The minimum absolute atomic E-state index is 1.06. The Morgan fingerprint density at radius 1 is 0.765 bits per heavy atom. The Balaban J connectivity index is 2.15. The quantitative estimate of drug-likeness (QED) is 0.695. The maximum atomic E-state index is 2.27. The molecule has 0 unspecified atom stereocenters. The standard InChI is InChI=1S/C17H20/c1-2-3-11-16-12-7-8-13-17(16)14-15-9-5-4-6-10-15/h4-10,12-13H,2-3,11,14H2,1H3. The van der Waals surface area contributed by atoms with Crippen LogP contribution >= 0.6 is 0 Å². The lowest BCUT2D eigenvalue weighted by Gasteiger charge is -2.09. The molecule has 2 rings (SSSR count). The van der Waals surface area contributed by atoms with E-state index in [1.807, 2.05) is 0 Å². The van der Waals surface area contributed by atoms with Crippen LogP contribution in [-0.2, 0) is 12.8 Å². The molecule has 0 fully saturated rings. The van der Waals surface area contributed by atoms with E-state index in [4.69, 9.17) is 0 Å². The van der Waals surface area contributed by atoms with Crippen molar-refractivity contribution in [2.24, 2.45) is 0 Å². The van der Waals surface area contributed by atoms with Crippen LogP contribution < -0.4 is 0 Å². The van der Waals surface area contributed by atoms with E-state index in [1.165, 1.54) is 36.0 Å². The van der Waals surface area contributed by atoms with Gasteiger partial charge in [-0.3, -0.25) is 0 Å². The highest BCUT2D eigenvalue weighted by Gasteiger charge is 2.02. The third-order valence-electron chi connectivity index (χ3n) is 3.16. The van der Waals surface area contributed by atoms with Gasteiger partial charge in [0.15, 0.2) is 0 Å². The Morgan fingerprint density at radius 3 is 2.12 bits per heavy atom. The Kier molecular flexibility index (Phi) is 4.37. The van der Waals surface area contributed by atoms with Gasteiger partial charge in [-0.15, -0.1) is 0 Å². The largest absolute Gasteiger partial charge is 0.0654 e. The second-order valence-corrected chi connectivity index (χ2v) is 4.53. The first-order valence-electron chi connectivity index (χ1n) is 6.51. The molecule has 0 atom stereocenters. The molecule has 0 aliphatic heterocycles. The second-order valence-electron chi connectivity index (χ2n) is 4.53. The van der Waals surface area contributed by atoms with Crippen LogP contribution in [0.2, 0.25) is 0 Å². The lowest BCUT2D eigenvalue weighted by Crippen LogP contribution is -1.95. The summed E-state index contributed by atoms with van der Waals surface area (Å²) in [7, 11) is 0. The molecule has 0 heterocycles. The van der Waals surface area contributed by atoms with E-state index in [-0.39, 0.29) is 0 Å². The first kappa shape index (κ1) is 11.9. The maximum Gasteiger partial charge on any atom is -0.00230 e. The van der Waals surface area contributed by atoms with Gasteiger partial charge >= 0.3 is 0 Å². The van der Waals surface area contributed by atoms with Crippen molar-refractivity contribution in [3.8, 4) is 0 Å². The molecule has 0 saturated heterocycles. The summed E-state index contributed by atoms with van der Waals surface area (Å²) in [5.74, 6) is 0. The first-order valence-corrected chi connectivity index (χ1v) is 6.51. The fourth-order valence-electron chi connectivity index (χ4n) is 2.16. The van der Waals surface area contributed by atoms with E-state index in [2.05, 4.69) is 61.5 Å². The number of benzene rings is 2. The summed E-state index contributed by atoms with van der Waals surface area (Å²) in [6, 6.07) is 19.5. The molecule has 0 spiro atoms. The van der Waals surface area contributed by atoms with E-state index >= 15 is 0 Å². The summed E-state index contributed by atoms with van der Waals surface area (Å²) in [5, 5.41) is 0. The molecule has 0 amide bonds. The smallest absolute Gasteiger partial charge is 0.00230 e. The highest BCUT2D eigenvalue weighted by atomic mass is 14.1. The van der Waals surface area contributed by atoms with Gasteiger partial charge in [-0.1, -0.05) is 67.9 Å². The van der Waals surface area contributed by atoms with Gasteiger partial charge in [0.1, 0.15) is 0 Å². The fourth-order valence-corrected chi connectivity index (χ4v) is 2.16. The van der Waals surface area contributed by atoms with Crippen LogP contribution in [-0.4, -0.2) is 0 Å². The van der Waals surface area contributed by atoms with Crippen LogP contribution in [0, 0.1) is 0 Å². The number of hydrogen-bond donors (Lipinski definition) is 0. The molecule has 0 bridgehead atoms. The van der Waals surface area contributed by atoms with Crippen LogP contribution in [0.25, 0.3) is 0 Å². The third kappa shape index (κ3) is 3.45. The van der Waals surface area contributed by atoms with E-state index in [1.54, 1.807) is 0 Å². The van der Waals surface area contributed by atoms with E-state index in [9.17, 15) is 0 Å². The van der Waals surface area contributed by atoms with Gasteiger partial charge in [-0.25, -0.2) is 0 Å². The monoisotopic (exact) mass is 224 g/mol. The number of aryl methyl sites for hydroxylation is 1. The summed E-state index contributed by atoms with van der Waals surface area (Å²) < 4.78 is 0. The van der Waals surface area contributed by atoms with Crippen LogP contribution in [0.3, 0.4) is 0 Å². The molecule has 2 aromatic carbocycles. The molecule has 2 aromatic rings. The molecular formula is C17H20. The van der Waals surface area contributed by atoms with Crippen LogP contribution in [0.4, 0.5) is 0 Å². The SMILES string of the molecule is CCCCc1ccccc1Cc1ccccc1. The molecule has 88 valence electrons. The summed E-state index contributed by atoms with van der Waals surface area (Å²) in [6.07, 6.45) is 4.81. The minimum atomic E-state index is 1.06. The maximum absolute atomic E-state index is 2.27. The zero-order valence-electron chi connectivity index (χ0n) is 10.5. The predicted molar refractivity (Wildman–Crippen MR) is 74.3 cm³/mol. The van der Waals surface area contributed by atoms with Crippen molar-refractivity contribution in [3.05, 3.63) is 71.3 Å². The average Bonchev–Trinajstić information content (AvgIpc) is 2.39. The Bertz CT molecular complexity index is 443. The normalized spacial score (nSPS) is 10.4. The fraction of sp³-hybridized carbons (Fsp3) is 0.294. The van der Waals surface area contributed by atoms with Crippen LogP contribution in [0.1, 0.15) is 36.5 Å². The highest BCUT2D eigenvalue weighted by molar-refractivity contribution is 5.32. The van der Waals surface area contributed by atoms with Crippen molar-refractivity contribution in [1.82, 2.24) is 0 Å². The highest BCUT2D eigenvalue weighted by Crippen LogP contribution is 2.16. The molecular weight excluding hydrogens is 204 g/mol. The molecule has 0 aliphatic rings. The molecule has 0 aromatic heterocycles. The van der Waals surface area contributed by atoms with Crippen molar-refractivity contribution >= 4 is 0 Å². The third-order valence-corrected chi connectivity index (χ3v) is 3.16. The molecule has 0 nitrogen and oxygen atoms in total. The lowest BCUT2D eigenvalue weighted by atomic mass is 9.97. The number of hydrogen-bond acceptors (Lipinski definition) is 0. The molecule has 0 heteroatoms. The van der Waals surface area contributed by atoms with E-state index in [0.29, 0.717) is 0 Å². The summed E-state index contributed by atoms with van der Waals surface area (Å²) >= 11 is 0. The van der Waals surface area contributed by atoms with Crippen molar-refractivity contribution in [2.45, 2.75) is 32.6 Å². The zero-order chi connectivity index (χ0) is 11.9. The lowest BCUT2D eigenvalue weighted by molar-refractivity contribution is 0.788. The molecule has 0 N–H and O–H groups in total. The van der Waals surface area contributed by atoms with Gasteiger partial charge in [0.25, 0.3) is 0 Å².